The van der Waals surface area contributed by atoms with Crippen molar-refractivity contribution in [3.05, 3.63) is 65.2 Å². The highest BCUT2D eigenvalue weighted by molar-refractivity contribution is 7.88. The van der Waals surface area contributed by atoms with Gasteiger partial charge in [0.1, 0.15) is 0 Å². The highest BCUT2D eigenvalue weighted by Gasteiger charge is 2.50. The summed E-state index contributed by atoms with van der Waals surface area (Å²) in [5.74, 6) is 0.0993. The van der Waals surface area contributed by atoms with Gasteiger partial charge in [0.15, 0.2) is 0 Å². The van der Waals surface area contributed by atoms with E-state index in [2.05, 4.69) is 0 Å². The van der Waals surface area contributed by atoms with Crippen LogP contribution in [0.3, 0.4) is 0 Å². The maximum atomic E-state index is 12.9. The highest BCUT2D eigenvalue weighted by Crippen LogP contribution is 2.43. The molecule has 148 valence electrons. The van der Waals surface area contributed by atoms with Gasteiger partial charge in [-0.15, -0.1) is 0 Å². The first kappa shape index (κ1) is 19.2. The second-order valence-electron chi connectivity index (χ2n) is 8.32. The maximum Gasteiger partial charge on any atom is 0.227 e. The van der Waals surface area contributed by atoms with E-state index in [1.807, 2.05) is 67.3 Å². The van der Waals surface area contributed by atoms with E-state index < -0.39 is 10.0 Å². The van der Waals surface area contributed by atoms with Crippen LogP contribution in [0.25, 0.3) is 0 Å². The Hall–Kier alpha value is -2.18. The average molecular weight is 399 g/mol. The summed E-state index contributed by atoms with van der Waals surface area (Å²) >= 11 is 0. The summed E-state index contributed by atoms with van der Waals surface area (Å²) in [5, 5.41) is 0. The molecule has 28 heavy (non-hydrogen) atoms. The lowest BCUT2D eigenvalue weighted by molar-refractivity contribution is -0.117. The van der Waals surface area contributed by atoms with E-state index >= 15 is 0 Å². The zero-order valence-corrected chi connectivity index (χ0v) is 17.2. The first-order valence-electron chi connectivity index (χ1n) is 9.67. The molecular formula is C22H26N2O3S. The van der Waals surface area contributed by atoms with E-state index in [0.29, 0.717) is 26.1 Å². The van der Waals surface area contributed by atoms with Gasteiger partial charge < -0.3 is 4.90 Å². The number of benzene rings is 2. The number of carbonyl (C=O) groups is 1. The van der Waals surface area contributed by atoms with Gasteiger partial charge in [0.2, 0.25) is 15.9 Å². The molecule has 2 heterocycles. The normalized spacial score (nSPS) is 23.1. The Labute approximate surface area is 167 Å². The quantitative estimate of drug-likeness (QED) is 0.794. The van der Waals surface area contributed by atoms with Gasteiger partial charge in [-0.3, -0.25) is 4.79 Å². The van der Waals surface area contributed by atoms with Gasteiger partial charge in [-0.25, -0.2) is 12.7 Å². The van der Waals surface area contributed by atoms with Crippen LogP contribution in [0, 0.1) is 19.3 Å². The van der Waals surface area contributed by atoms with E-state index in [1.165, 1.54) is 0 Å². The Morgan fingerprint density at radius 2 is 1.75 bits per heavy atom. The number of aryl methyl sites for hydroxylation is 2. The second kappa shape index (κ2) is 7.01. The van der Waals surface area contributed by atoms with Crippen molar-refractivity contribution in [2.45, 2.75) is 32.4 Å². The van der Waals surface area contributed by atoms with Gasteiger partial charge in [0.25, 0.3) is 0 Å². The Morgan fingerprint density at radius 1 is 1.00 bits per heavy atom. The Balaban J connectivity index is 1.48. The number of sulfonamides is 1. The first-order valence-corrected chi connectivity index (χ1v) is 11.3. The number of carbonyl (C=O) groups excluding carboxylic acids is 1. The fourth-order valence-electron chi connectivity index (χ4n) is 4.32. The molecule has 0 saturated carbocycles. The zero-order chi connectivity index (χ0) is 19.9. The van der Waals surface area contributed by atoms with Gasteiger partial charge in [-0.1, -0.05) is 42.0 Å². The fraction of sp³-hybridized carbons (Fsp3) is 0.409. The summed E-state index contributed by atoms with van der Waals surface area (Å²) in [4.78, 5) is 14.5. The molecule has 0 N–H and O–H groups in total. The monoisotopic (exact) mass is 398 g/mol. The summed E-state index contributed by atoms with van der Waals surface area (Å²) in [6.45, 7) is 5.50. The average Bonchev–Trinajstić information content (AvgIpc) is 3.21. The Morgan fingerprint density at radius 3 is 2.46 bits per heavy atom. The molecule has 1 spiro atoms. The summed E-state index contributed by atoms with van der Waals surface area (Å²) in [7, 11) is -3.39. The number of nitrogens with zero attached hydrogens (tertiary/aromatic N) is 2. The van der Waals surface area contributed by atoms with Gasteiger partial charge >= 0.3 is 0 Å². The first-order chi connectivity index (χ1) is 13.3. The van der Waals surface area contributed by atoms with E-state index in [1.54, 1.807) is 4.31 Å². The molecule has 1 atom stereocenters. The zero-order valence-electron chi connectivity index (χ0n) is 16.4. The van der Waals surface area contributed by atoms with Crippen LogP contribution >= 0.6 is 0 Å². The van der Waals surface area contributed by atoms with Gasteiger partial charge in [-0.05, 0) is 43.5 Å². The lowest BCUT2D eigenvalue weighted by Gasteiger charge is -2.24. The molecule has 0 aromatic heterocycles. The van der Waals surface area contributed by atoms with Crippen molar-refractivity contribution in [1.82, 2.24) is 4.31 Å². The summed E-state index contributed by atoms with van der Waals surface area (Å²) < 4.78 is 27.4. The number of hydrogen-bond donors (Lipinski definition) is 0. The molecule has 2 aromatic rings. The molecule has 2 fully saturated rings. The van der Waals surface area contributed by atoms with Gasteiger partial charge in [0, 0.05) is 37.2 Å². The number of rotatable bonds is 4. The van der Waals surface area contributed by atoms with Gasteiger partial charge in [0.05, 0.1) is 5.75 Å². The molecule has 1 amide bonds. The van der Waals surface area contributed by atoms with Crippen molar-refractivity contribution in [3.8, 4) is 0 Å². The predicted molar refractivity (Wildman–Crippen MR) is 111 cm³/mol. The van der Waals surface area contributed by atoms with Crippen molar-refractivity contribution >= 4 is 21.6 Å². The number of hydrogen-bond acceptors (Lipinski definition) is 3. The molecule has 2 saturated heterocycles. The van der Waals surface area contributed by atoms with E-state index in [4.69, 9.17) is 0 Å². The fourth-order valence-corrected chi connectivity index (χ4v) is 5.95. The lowest BCUT2D eigenvalue weighted by atomic mass is 9.86. The Bertz CT molecular complexity index is 1000. The number of amides is 1. The minimum absolute atomic E-state index is 0.0128. The molecule has 6 heteroatoms. The standard InChI is InChI=1S/C22H26N2O3S/c1-17-6-8-19(9-7-17)14-28(26,27)23-11-10-22(15-23)13-21(25)24(16-22)20-5-3-4-18(2)12-20/h3-9,12H,10-11,13-16H2,1-2H3/t22-/m0/s1. The molecule has 0 bridgehead atoms. The number of anilines is 1. The van der Waals surface area contributed by atoms with Crippen LogP contribution in [0.4, 0.5) is 5.69 Å². The van der Waals surface area contributed by atoms with Crippen LogP contribution in [0.15, 0.2) is 48.5 Å². The molecule has 4 rings (SSSR count). The highest BCUT2D eigenvalue weighted by atomic mass is 32.2. The molecule has 0 unspecified atom stereocenters. The Kier molecular flexibility index (Phi) is 4.79. The third-order valence-corrected chi connectivity index (χ3v) is 7.70. The third kappa shape index (κ3) is 3.71. The molecule has 2 aromatic carbocycles. The van der Waals surface area contributed by atoms with E-state index in [0.717, 1.165) is 28.8 Å². The second-order valence-corrected chi connectivity index (χ2v) is 10.3. The van der Waals surface area contributed by atoms with Crippen molar-refractivity contribution in [1.29, 1.82) is 0 Å². The summed E-state index contributed by atoms with van der Waals surface area (Å²) in [6, 6.07) is 15.5. The van der Waals surface area contributed by atoms with Crippen LogP contribution in [-0.2, 0) is 20.6 Å². The summed E-state index contributed by atoms with van der Waals surface area (Å²) in [5.41, 5.74) is 3.65. The SMILES string of the molecule is Cc1ccc(CS(=O)(=O)N2CC[C@]3(CC(=O)N(c4cccc(C)c4)C3)C2)cc1. The van der Waals surface area contributed by atoms with Crippen LogP contribution in [-0.4, -0.2) is 38.3 Å². The molecule has 0 aliphatic carbocycles. The van der Waals surface area contributed by atoms with Crippen molar-refractivity contribution in [3.63, 3.8) is 0 Å². The predicted octanol–water partition coefficient (Wildman–Crippen LogP) is 3.26. The van der Waals surface area contributed by atoms with E-state index in [9.17, 15) is 13.2 Å². The van der Waals surface area contributed by atoms with Crippen molar-refractivity contribution in [2.24, 2.45) is 5.41 Å². The van der Waals surface area contributed by atoms with Crippen molar-refractivity contribution < 1.29 is 13.2 Å². The molecule has 2 aliphatic heterocycles. The molecule has 2 aliphatic rings. The smallest absolute Gasteiger partial charge is 0.227 e. The molecular weight excluding hydrogens is 372 g/mol. The third-order valence-electron chi connectivity index (χ3n) is 5.90. The van der Waals surface area contributed by atoms with E-state index in [-0.39, 0.29) is 17.1 Å². The van der Waals surface area contributed by atoms with Crippen LogP contribution in [0.5, 0.6) is 0 Å². The van der Waals surface area contributed by atoms with Crippen molar-refractivity contribution in [2.75, 3.05) is 24.5 Å². The van der Waals surface area contributed by atoms with Crippen LogP contribution < -0.4 is 4.90 Å². The maximum absolute atomic E-state index is 12.9. The van der Waals surface area contributed by atoms with Gasteiger partial charge in [-0.2, -0.15) is 0 Å². The minimum Gasteiger partial charge on any atom is -0.312 e. The molecule has 0 radical (unpaired) electrons. The summed E-state index contributed by atoms with van der Waals surface area (Å²) in [6.07, 6.45) is 1.14. The van der Waals surface area contributed by atoms with Crippen LogP contribution in [0.2, 0.25) is 0 Å². The van der Waals surface area contributed by atoms with Crippen LogP contribution in [0.1, 0.15) is 29.5 Å². The molecule has 5 nitrogen and oxygen atoms in total. The largest absolute Gasteiger partial charge is 0.312 e. The minimum atomic E-state index is -3.39. The lowest BCUT2D eigenvalue weighted by Crippen LogP contribution is -2.34. The topological polar surface area (TPSA) is 57.7 Å².